The Balaban J connectivity index is 2.90. The van der Waals surface area contributed by atoms with E-state index in [0.717, 1.165) is 11.8 Å². The first kappa shape index (κ1) is 13.5. The van der Waals surface area contributed by atoms with Crippen LogP contribution < -0.4 is 10.0 Å². The second kappa shape index (κ2) is 5.18. The lowest BCUT2D eigenvalue weighted by Crippen LogP contribution is -2.12. The van der Waals surface area contributed by atoms with Crippen molar-refractivity contribution in [2.24, 2.45) is 0 Å². The molecule has 0 aromatic heterocycles. The lowest BCUT2D eigenvalue weighted by atomic mass is 10.2. The summed E-state index contributed by atoms with van der Waals surface area (Å²) < 4.78 is 24.6. The van der Waals surface area contributed by atoms with Crippen LogP contribution in [0.4, 0.5) is 11.4 Å². The van der Waals surface area contributed by atoms with Crippen LogP contribution in [0.5, 0.6) is 0 Å². The maximum absolute atomic E-state index is 11.2. The van der Waals surface area contributed by atoms with Crippen LogP contribution in [0.15, 0.2) is 18.2 Å². The van der Waals surface area contributed by atoms with Crippen LogP contribution in [0.2, 0.25) is 0 Å². The van der Waals surface area contributed by atoms with E-state index in [2.05, 4.69) is 10.0 Å². The van der Waals surface area contributed by atoms with E-state index >= 15 is 0 Å². The number of nitrogens with one attached hydrogen (secondary N) is 2. The van der Waals surface area contributed by atoms with Crippen molar-refractivity contribution in [2.75, 3.05) is 16.3 Å². The zero-order chi connectivity index (χ0) is 13.1. The van der Waals surface area contributed by atoms with E-state index in [-0.39, 0.29) is 5.91 Å². The number of carbonyl (C=O) groups excluding carboxylic acids is 1. The van der Waals surface area contributed by atoms with Gasteiger partial charge in [0.05, 0.1) is 11.9 Å². The predicted molar refractivity (Wildman–Crippen MR) is 68.6 cm³/mol. The summed E-state index contributed by atoms with van der Waals surface area (Å²) in [6, 6.07) is 5.01. The average molecular weight is 256 g/mol. The van der Waals surface area contributed by atoms with Crippen LogP contribution in [-0.2, 0) is 14.8 Å². The summed E-state index contributed by atoms with van der Waals surface area (Å²) in [6.07, 6.45) is 1.50. The number of sulfonamides is 1. The van der Waals surface area contributed by atoms with Gasteiger partial charge in [-0.15, -0.1) is 0 Å². The minimum absolute atomic E-state index is 0.0757. The summed E-state index contributed by atoms with van der Waals surface area (Å²) in [5.41, 5.74) is 1.93. The molecule has 0 spiro atoms. The van der Waals surface area contributed by atoms with E-state index in [9.17, 15) is 13.2 Å². The van der Waals surface area contributed by atoms with Crippen molar-refractivity contribution in [1.29, 1.82) is 0 Å². The summed E-state index contributed by atoms with van der Waals surface area (Å²) in [5.74, 6) is -0.0757. The van der Waals surface area contributed by atoms with Crippen LogP contribution >= 0.6 is 0 Å². The Labute approximate surface area is 101 Å². The molecular weight excluding hydrogens is 240 g/mol. The smallest absolute Gasteiger partial charge is 0.229 e. The van der Waals surface area contributed by atoms with Crippen LogP contribution in [0, 0.1) is 6.92 Å². The van der Waals surface area contributed by atoms with Gasteiger partial charge >= 0.3 is 0 Å². The van der Waals surface area contributed by atoms with Gasteiger partial charge in [0.25, 0.3) is 0 Å². The molecule has 2 N–H and O–H groups in total. The Hall–Kier alpha value is -1.56. The molecule has 6 heteroatoms. The zero-order valence-corrected chi connectivity index (χ0v) is 10.9. The quantitative estimate of drug-likeness (QED) is 0.861. The number of carbonyl (C=O) groups is 1. The van der Waals surface area contributed by atoms with Crippen molar-refractivity contribution in [2.45, 2.75) is 20.3 Å². The van der Waals surface area contributed by atoms with E-state index in [1.54, 1.807) is 32.0 Å². The van der Waals surface area contributed by atoms with Gasteiger partial charge < -0.3 is 5.32 Å². The Morgan fingerprint density at radius 1 is 1.35 bits per heavy atom. The fraction of sp³-hybridized carbons (Fsp3) is 0.364. The number of anilines is 2. The van der Waals surface area contributed by atoms with Crippen molar-refractivity contribution in [3.8, 4) is 0 Å². The van der Waals surface area contributed by atoms with Gasteiger partial charge in [-0.2, -0.15) is 0 Å². The molecule has 0 bridgehead atoms. The molecule has 0 aliphatic rings. The Bertz CT molecular complexity index is 524. The highest BCUT2D eigenvalue weighted by Gasteiger charge is 2.06. The second-order valence-electron chi connectivity index (χ2n) is 3.81. The van der Waals surface area contributed by atoms with Gasteiger partial charge in [-0.1, -0.05) is 6.92 Å². The average Bonchev–Trinajstić information content (AvgIpc) is 2.20. The van der Waals surface area contributed by atoms with Crippen molar-refractivity contribution in [3.63, 3.8) is 0 Å². The molecule has 17 heavy (non-hydrogen) atoms. The molecule has 1 rings (SSSR count). The third-order valence-corrected chi connectivity index (χ3v) is 2.72. The fourth-order valence-corrected chi connectivity index (χ4v) is 1.93. The van der Waals surface area contributed by atoms with Gasteiger partial charge in [-0.25, -0.2) is 8.42 Å². The molecular formula is C11H16N2O3S. The number of rotatable bonds is 4. The number of benzene rings is 1. The molecule has 0 saturated heterocycles. The summed E-state index contributed by atoms with van der Waals surface area (Å²) in [7, 11) is -3.28. The number of hydrogen-bond acceptors (Lipinski definition) is 3. The minimum Gasteiger partial charge on any atom is -0.326 e. The molecule has 1 amide bonds. The highest BCUT2D eigenvalue weighted by molar-refractivity contribution is 7.92. The SMILES string of the molecule is CCC(=O)Nc1ccc(NS(C)(=O)=O)c(C)c1. The summed E-state index contributed by atoms with van der Waals surface area (Å²) in [5, 5.41) is 2.71. The fourth-order valence-electron chi connectivity index (χ4n) is 1.31. The third kappa shape index (κ3) is 4.44. The largest absolute Gasteiger partial charge is 0.326 e. The lowest BCUT2D eigenvalue weighted by Gasteiger charge is -2.10. The van der Waals surface area contributed by atoms with Crippen LogP contribution in [-0.4, -0.2) is 20.6 Å². The molecule has 0 aliphatic heterocycles. The first-order valence-corrected chi connectivity index (χ1v) is 7.09. The van der Waals surface area contributed by atoms with Crippen molar-refractivity contribution >= 4 is 27.3 Å². The molecule has 0 aliphatic carbocycles. The Morgan fingerprint density at radius 2 is 2.00 bits per heavy atom. The second-order valence-corrected chi connectivity index (χ2v) is 5.55. The van der Waals surface area contributed by atoms with E-state index < -0.39 is 10.0 Å². The highest BCUT2D eigenvalue weighted by Crippen LogP contribution is 2.20. The molecule has 0 fully saturated rings. The molecule has 0 radical (unpaired) electrons. The van der Waals surface area contributed by atoms with Crippen LogP contribution in [0.1, 0.15) is 18.9 Å². The number of aryl methyl sites for hydroxylation is 1. The summed E-state index contributed by atoms with van der Waals surface area (Å²) in [6.45, 7) is 3.54. The predicted octanol–water partition coefficient (Wildman–Crippen LogP) is 1.72. The Morgan fingerprint density at radius 3 is 2.47 bits per heavy atom. The van der Waals surface area contributed by atoms with Gasteiger partial charge in [-0.3, -0.25) is 9.52 Å². The standard InChI is InChI=1S/C11H16N2O3S/c1-4-11(14)12-9-5-6-10(8(2)7-9)13-17(3,15)16/h5-7,13H,4H2,1-3H3,(H,12,14). The minimum atomic E-state index is -3.28. The molecule has 1 aromatic carbocycles. The number of amides is 1. The van der Waals surface area contributed by atoms with Gasteiger partial charge in [0.1, 0.15) is 0 Å². The molecule has 0 atom stereocenters. The first-order valence-electron chi connectivity index (χ1n) is 5.20. The normalized spacial score (nSPS) is 11.0. The molecule has 0 heterocycles. The van der Waals surface area contributed by atoms with Gasteiger partial charge in [0.2, 0.25) is 15.9 Å². The van der Waals surface area contributed by atoms with E-state index in [0.29, 0.717) is 17.8 Å². The van der Waals surface area contributed by atoms with E-state index in [1.807, 2.05) is 0 Å². The van der Waals surface area contributed by atoms with Crippen molar-refractivity contribution in [1.82, 2.24) is 0 Å². The lowest BCUT2D eigenvalue weighted by molar-refractivity contribution is -0.115. The topological polar surface area (TPSA) is 75.3 Å². The van der Waals surface area contributed by atoms with Gasteiger partial charge in [0.15, 0.2) is 0 Å². The molecule has 5 nitrogen and oxygen atoms in total. The summed E-state index contributed by atoms with van der Waals surface area (Å²) >= 11 is 0. The maximum atomic E-state index is 11.2. The Kier molecular flexibility index (Phi) is 4.11. The monoisotopic (exact) mass is 256 g/mol. The summed E-state index contributed by atoms with van der Waals surface area (Å²) in [4.78, 5) is 11.2. The number of hydrogen-bond donors (Lipinski definition) is 2. The van der Waals surface area contributed by atoms with Gasteiger partial charge in [0, 0.05) is 12.1 Å². The maximum Gasteiger partial charge on any atom is 0.229 e. The molecule has 0 saturated carbocycles. The third-order valence-electron chi connectivity index (χ3n) is 2.13. The first-order chi connectivity index (χ1) is 7.81. The van der Waals surface area contributed by atoms with Crippen LogP contribution in [0.3, 0.4) is 0 Å². The molecule has 94 valence electrons. The highest BCUT2D eigenvalue weighted by atomic mass is 32.2. The van der Waals surface area contributed by atoms with E-state index in [1.165, 1.54) is 0 Å². The van der Waals surface area contributed by atoms with Crippen LogP contribution in [0.25, 0.3) is 0 Å². The van der Waals surface area contributed by atoms with Crippen molar-refractivity contribution in [3.05, 3.63) is 23.8 Å². The van der Waals surface area contributed by atoms with Gasteiger partial charge in [-0.05, 0) is 30.7 Å². The molecule has 0 unspecified atom stereocenters. The van der Waals surface area contributed by atoms with Crippen molar-refractivity contribution < 1.29 is 13.2 Å². The molecule has 1 aromatic rings. The van der Waals surface area contributed by atoms with E-state index in [4.69, 9.17) is 0 Å². The zero-order valence-electron chi connectivity index (χ0n) is 10.1.